The number of allylic oxidation sites excluding steroid dienone is 2. The smallest absolute Gasteiger partial charge is 0.0109 e. The first kappa shape index (κ1) is 10.6. The van der Waals surface area contributed by atoms with Crippen molar-refractivity contribution in [2.75, 3.05) is 0 Å². The molecular weight excluding hydrogens is 204 g/mol. The van der Waals surface area contributed by atoms with E-state index in [4.69, 9.17) is 0 Å². The Labute approximate surface area is 103 Å². The minimum absolute atomic E-state index is 1.25. The Kier molecular flexibility index (Phi) is 2.72. The van der Waals surface area contributed by atoms with E-state index in [9.17, 15) is 0 Å². The predicted octanol–water partition coefficient (Wildman–Crippen LogP) is 5.19. The SMILES string of the molecule is CC1=C(c2cccc3ccccc23)CCCC1. The zero-order valence-corrected chi connectivity index (χ0v) is 10.4. The van der Waals surface area contributed by atoms with Gasteiger partial charge in [-0.25, -0.2) is 0 Å². The van der Waals surface area contributed by atoms with Gasteiger partial charge in [-0.15, -0.1) is 0 Å². The Hall–Kier alpha value is -1.56. The second-order valence-corrected chi connectivity index (χ2v) is 4.99. The molecule has 0 heterocycles. The van der Waals surface area contributed by atoms with Crippen molar-refractivity contribution in [2.24, 2.45) is 0 Å². The van der Waals surface area contributed by atoms with Crippen LogP contribution in [0.25, 0.3) is 16.3 Å². The summed E-state index contributed by atoms with van der Waals surface area (Å²) in [5, 5.41) is 2.77. The van der Waals surface area contributed by atoms with Crippen molar-refractivity contribution in [1.82, 2.24) is 0 Å². The fraction of sp³-hybridized carbons (Fsp3) is 0.294. The largest absolute Gasteiger partial charge is 0.0695 e. The third-order valence-corrected chi connectivity index (χ3v) is 3.86. The Bertz CT molecular complexity index is 570. The van der Waals surface area contributed by atoms with Gasteiger partial charge in [-0.3, -0.25) is 0 Å². The van der Waals surface area contributed by atoms with Gasteiger partial charge >= 0.3 is 0 Å². The lowest BCUT2D eigenvalue weighted by Crippen LogP contribution is -1.97. The molecule has 2 aromatic carbocycles. The van der Waals surface area contributed by atoms with E-state index in [-0.39, 0.29) is 0 Å². The van der Waals surface area contributed by atoms with Gasteiger partial charge in [0.2, 0.25) is 0 Å². The van der Waals surface area contributed by atoms with E-state index < -0.39 is 0 Å². The molecule has 0 fully saturated rings. The summed E-state index contributed by atoms with van der Waals surface area (Å²) in [6.45, 7) is 2.30. The second-order valence-electron chi connectivity index (χ2n) is 4.99. The summed E-state index contributed by atoms with van der Waals surface area (Å²) in [6, 6.07) is 15.4. The van der Waals surface area contributed by atoms with Gasteiger partial charge in [0.05, 0.1) is 0 Å². The van der Waals surface area contributed by atoms with Crippen molar-refractivity contribution in [3.05, 3.63) is 53.6 Å². The van der Waals surface area contributed by atoms with Crippen molar-refractivity contribution in [3.63, 3.8) is 0 Å². The third kappa shape index (κ3) is 1.88. The first-order valence-corrected chi connectivity index (χ1v) is 6.53. The summed E-state index contributed by atoms with van der Waals surface area (Å²) in [5.74, 6) is 0. The van der Waals surface area contributed by atoms with Gasteiger partial charge in [-0.2, -0.15) is 0 Å². The minimum atomic E-state index is 1.25. The van der Waals surface area contributed by atoms with Crippen LogP contribution in [0.3, 0.4) is 0 Å². The highest BCUT2D eigenvalue weighted by atomic mass is 14.2. The molecule has 0 spiro atoms. The summed E-state index contributed by atoms with van der Waals surface area (Å²) < 4.78 is 0. The van der Waals surface area contributed by atoms with Crippen LogP contribution in [-0.2, 0) is 0 Å². The standard InChI is InChI=1S/C17H18/c1-13-7-2-4-10-15(13)17-12-6-9-14-8-3-5-11-16(14)17/h3,5-6,8-9,11-12H,2,4,7,10H2,1H3. The number of benzene rings is 2. The van der Waals surface area contributed by atoms with Gasteiger partial charge in [0, 0.05) is 0 Å². The molecule has 2 aromatic rings. The van der Waals surface area contributed by atoms with Crippen LogP contribution in [-0.4, -0.2) is 0 Å². The second kappa shape index (κ2) is 4.37. The number of hydrogen-bond acceptors (Lipinski definition) is 0. The van der Waals surface area contributed by atoms with Crippen LogP contribution in [0.1, 0.15) is 38.2 Å². The predicted molar refractivity (Wildman–Crippen MR) is 75.0 cm³/mol. The minimum Gasteiger partial charge on any atom is -0.0695 e. The zero-order chi connectivity index (χ0) is 11.7. The third-order valence-electron chi connectivity index (χ3n) is 3.86. The molecule has 0 atom stereocenters. The first-order chi connectivity index (χ1) is 8.36. The zero-order valence-electron chi connectivity index (χ0n) is 10.4. The maximum atomic E-state index is 2.30. The summed E-state index contributed by atoms with van der Waals surface area (Å²) in [4.78, 5) is 0. The van der Waals surface area contributed by atoms with E-state index in [1.54, 1.807) is 11.1 Å². The van der Waals surface area contributed by atoms with Gasteiger partial charge in [0.25, 0.3) is 0 Å². The fourth-order valence-corrected chi connectivity index (χ4v) is 2.91. The van der Waals surface area contributed by atoms with Crippen LogP contribution >= 0.6 is 0 Å². The molecule has 17 heavy (non-hydrogen) atoms. The molecule has 0 nitrogen and oxygen atoms in total. The van der Waals surface area contributed by atoms with Crippen molar-refractivity contribution in [1.29, 1.82) is 0 Å². The van der Waals surface area contributed by atoms with E-state index >= 15 is 0 Å². The summed E-state index contributed by atoms with van der Waals surface area (Å²) in [5.41, 5.74) is 4.64. The number of fused-ring (bicyclic) bond motifs is 1. The molecule has 0 bridgehead atoms. The molecule has 1 aliphatic rings. The summed E-state index contributed by atoms with van der Waals surface area (Å²) in [7, 11) is 0. The van der Waals surface area contributed by atoms with E-state index in [2.05, 4.69) is 49.4 Å². The van der Waals surface area contributed by atoms with Crippen molar-refractivity contribution in [3.8, 4) is 0 Å². The van der Waals surface area contributed by atoms with E-state index in [0.29, 0.717) is 0 Å². The maximum Gasteiger partial charge on any atom is -0.0109 e. The van der Waals surface area contributed by atoms with Gasteiger partial charge in [0.15, 0.2) is 0 Å². The molecule has 0 heteroatoms. The van der Waals surface area contributed by atoms with Crippen LogP contribution in [0.5, 0.6) is 0 Å². The average Bonchev–Trinajstić information content (AvgIpc) is 2.39. The monoisotopic (exact) mass is 222 g/mol. The molecule has 86 valence electrons. The van der Waals surface area contributed by atoms with Crippen molar-refractivity contribution in [2.45, 2.75) is 32.6 Å². The highest BCUT2D eigenvalue weighted by molar-refractivity contribution is 5.94. The van der Waals surface area contributed by atoms with Crippen molar-refractivity contribution >= 4 is 16.3 Å². The van der Waals surface area contributed by atoms with Crippen molar-refractivity contribution < 1.29 is 0 Å². The molecule has 3 rings (SSSR count). The van der Waals surface area contributed by atoms with Gasteiger partial charge in [0.1, 0.15) is 0 Å². The van der Waals surface area contributed by atoms with Gasteiger partial charge in [-0.1, -0.05) is 48.0 Å². The topological polar surface area (TPSA) is 0 Å². The van der Waals surface area contributed by atoms with Crippen LogP contribution in [0.4, 0.5) is 0 Å². The Morgan fingerprint density at radius 2 is 1.59 bits per heavy atom. The Morgan fingerprint density at radius 3 is 2.47 bits per heavy atom. The molecule has 0 N–H and O–H groups in total. The molecule has 1 aliphatic carbocycles. The first-order valence-electron chi connectivity index (χ1n) is 6.53. The molecule has 0 radical (unpaired) electrons. The lowest BCUT2D eigenvalue weighted by atomic mass is 9.86. The number of rotatable bonds is 1. The van der Waals surface area contributed by atoms with Gasteiger partial charge < -0.3 is 0 Å². The lowest BCUT2D eigenvalue weighted by molar-refractivity contribution is 0.715. The van der Waals surface area contributed by atoms with E-state index in [0.717, 1.165) is 0 Å². The van der Waals surface area contributed by atoms with Crippen LogP contribution in [0, 0.1) is 0 Å². The number of hydrogen-bond donors (Lipinski definition) is 0. The lowest BCUT2D eigenvalue weighted by Gasteiger charge is -2.19. The fourth-order valence-electron chi connectivity index (χ4n) is 2.91. The van der Waals surface area contributed by atoms with E-state index in [1.165, 1.54) is 42.0 Å². The average molecular weight is 222 g/mol. The quantitative estimate of drug-likeness (QED) is 0.623. The van der Waals surface area contributed by atoms with Crippen LogP contribution < -0.4 is 0 Å². The highest BCUT2D eigenvalue weighted by Crippen LogP contribution is 2.35. The summed E-state index contributed by atoms with van der Waals surface area (Å²) in [6.07, 6.45) is 5.23. The molecule has 0 saturated carbocycles. The Balaban J connectivity index is 2.23. The van der Waals surface area contributed by atoms with Crippen LogP contribution in [0.2, 0.25) is 0 Å². The van der Waals surface area contributed by atoms with E-state index in [1.807, 2.05) is 0 Å². The normalized spacial score (nSPS) is 16.5. The molecule has 0 amide bonds. The summed E-state index contributed by atoms with van der Waals surface area (Å²) >= 11 is 0. The van der Waals surface area contributed by atoms with Crippen LogP contribution in [0.15, 0.2) is 48.0 Å². The molecule has 0 unspecified atom stereocenters. The highest BCUT2D eigenvalue weighted by Gasteiger charge is 2.12. The van der Waals surface area contributed by atoms with Gasteiger partial charge in [-0.05, 0) is 54.5 Å². The molecular formula is C17H18. The maximum absolute atomic E-state index is 2.30. The molecule has 0 saturated heterocycles. The Morgan fingerprint density at radius 1 is 0.824 bits per heavy atom. The molecule has 0 aromatic heterocycles. The molecule has 0 aliphatic heterocycles.